The normalized spacial score (nSPS) is 12.5. The van der Waals surface area contributed by atoms with Gasteiger partial charge in [-0.05, 0) is 23.7 Å². The fraction of sp³-hybridized carbons (Fsp3) is 0.143. The first-order valence-electron chi connectivity index (χ1n) is 2.95. The second-order valence-electron chi connectivity index (χ2n) is 1.91. The Labute approximate surface area is 69.5 Å². The van der Waals surface area contributed by atoms with Crippen molar-refractivity contribution in [2.75, 3.05) is 0 Å². The number of rotatable bonds is 2. The number of furan rings is 1. The molecular weight excluding hydrogens is 164 g/mol. The van der Waals surface area contributed by atoms with Crippen LogP contribution in [0.2, 0.25) is 5.22 Å². The summed E-state index contributed by atoms with van der Waals surface area (Å²) in [6.45, 7) is 0. The van der Waals surface area contributed by atoms with Gasteiger partial charge in [0.25, 0.3) is 0 Å². The molecule has 0 saturated carbocycles. The topological polar surface area (TPSA) is 51.2 Å². The number of hydrogen-bond donors (Lipinski definition) is 2. The van der Waals surface area contributed by atoms with Crippen molar-refractivity contribution in [3.63, 3.8) is 0 Å². The van der Waals surface area contributed by atoms with Crippen LogP contribution in [0.3, 0.4) is 0 Å². The Kier molecular flexibility index (Phi) is 2.55. The summed E-state index contributed by atoms with van der Waals surface area (Å²) in [4.78, 5) is 0. The minimum atomic E-state index is -0.414. The van der Waals surface area contributed by atoms with Crippen LogP contribution in [0.5, 0.6) is 0 Å². The van der Waals surface area contributed by atoms with E-state index in [0.29, 0.717) is 11.0 Å². The minimum absolute atomic E-state index is 0.301. The standard InChI is InChI=1S/C7H7ClN2O/c1-2-5(10-9)6-3-4-7(8)11-6/h1,3-5,10H,9H2. The van der Waals surface area contributed by atoms with Crippen LogP contribution in [0.4, 0.5) is 0 Å². The number of terminal acetylenes is 1. The van der Waals surface area contributed by atoms with Crippen LogP contribution in [0.1, 0.15) is 11.8 Å². The zero-order valence-electron chi connectivity index (χ0n) is 5.67. The van der Waals surface area contributed by atoms with Crippen molar-refractivity contribution < 1.29 is 4.42 Å². The van der Waals surface area contributed by atoms with E-state index in [0.717, 1.165) is 0 Å². The highest BCUT2D eigenvalue weighted by molar-refractivity contribution is 6.28. The molecule has 0 aliphatic heterocycles. The van der Waals surface area contributed by atoms with Gasteiger partial charge in [0.15, 0.2) is 5.22 Å². The largest absolute Gasteiger partial charge is 0.447 e. The molecule has 0 spiro atoms. The van der Waals surface area contributed by atoms with E-state index in [1.54, 1.807) is 12.1 Å². The van der Waals surface area contributed by atoms with E-state index in [9.17, 15) is 0 Å². The highest BCUT2D eigenvalue weighted by atomic mass is 35.5. The quantitative estimate of drug-likeness (QED) is 0.397. The van der Waals surface area contributed by atoms with Crippen LogP contribution in [0.15, 0.2) is 16.5 Å². The number of hydrazine groups is 1. The molecule has 1 heterocycles. The zero-order valence-corrected chi connectivity index (χ0v) is 6.43. The summed E-state index contributed by atoms with van der Waals surface area (Å²) in [5.41, 5.74) is 2.39. The van der Waals surface area contributed by atoms with E-state index in [4.69, 9.17) is 28.3 Å². The van der Waals surface area contributed by atoms with Crippen molar-refractivity contribution in [2.24, 2.45) is 5.84 Å². The van der Waals surface area contributed by atoms with Crippen molar-refractivity contribution in [1.29, 1.82) is 0 Å². The van der Waals surface area contributed by atoms with Gasteiger partial charge < -0.3 is 4.42 Å². The van der Waals surface area contributed by atoms with Gasteiger partial charge in [-0.2, -0.15) is 0 Å². The molecule has 11 heavy (non-hydrogen) atoms. The first-order chi connectivity index (χ1) is 5.27. The average molecular weight is 171 g/mol. The molecule has 0 aliphatic carbocycles. The van der Waals surface area contributed by atoms with Crippen LogP contribution in [-0.4, -0.2) is 0 Å². The third-order valence-corrected chi connectivity index (χ3v) is 1.41. The average Bonchev–Trinajstić information content (AvgIpc) is 2.39. The van der Waals surface area contributed by atoms with Crippen molar-refractivity contribution in [1.82, 2.24) is 5.43 Å². The molecule has 1 aromatic rings. The van der Waals surface area contributed by atoms with Gasteiger partial charge in [0, 0.05) is 0 Å². The van der Waals surface area contributed by atoms with Gasteiger partial charge in [0.2, 0.25) is 0 Å². The SMILES string of the molecule is C#CC(NN)c1ccc(Cl)o1. The fourth-order valence-corrected chi connectivity index (χ4v) is 0.848. The third-order valence-electron chi connectivity index (χ3n) is 1.21. The highest BCUT2D eigenvalue weighted by Gasteiger charge is 2.09. The summed E-state index contributed by atoms with van der Waals surface area (Å²) in [5.74, 6) is 8.06. The molecule has 3 nitrogen and oxygen atoms in total. The Hall–Kier alpha value is -0.950. The predicted octanol–water partition coefficient (Wildman–Crippen LogP) is 1.07. The maximum atomic E-state index is 5.51. The van der Waals surface area contributed by atoms with E-state index >= 15 is 0 Å². The molecule has 1 rings (SSSR count). The van der Waals surface area contributed by atoms with Crippen molar-refractivity contribution in [2.45, 2.75) is 6.04 Å². The van der Waals surface area contributed by atoms with Crippen molar-refractivity contribution >= 4 is 11.6 Å². The van der Waals surface area contributed by atoms with E-state index in [-0.39, 0.29) is 0 Å². The van der Waals surface area contributed by atoms with Crippen LogP contribution in [-0.2, 0) is 0 Å². The van der Waals surface area contributed by atoms with Gasteiger partial charge in [0.05, 0.1) is 0 Å². The maximum absolute atomic E-state index is 5.51. The van der Waals surface area contributed by atoms with Gasteiger partial charge >= 0.3 is 0 Å². The van der Waals surface area contributed by atoms with Gasteiger partial charge in [-0.1, -0.05) is 5.92 Å². The highest BCUT2D eigenvalue weighted by Crippen LogP contribution is 2.18. The number of nitrogens with two attached hydrogens (primary N) is 1. The summed E-state index contributed by atoms with van der Waals surface area (Å²) in [6, 6.07) is 2.87. The molecule has 3 N–H and O–H groups in total. The molecule has 0 amide bonds. The summed E-state index contributed by atoms with van der Waals surface area (Å²) >= 11 is 5.51. The van der Waals surface area contributed by atoms with E-state index < -0.39 is 6.04 Å². The number of halogens is 1. The Morgan fingerprint density at radius 1 is 1.73 bits per heavy atom. The molecule has 58 valence electrons. The van der Waals surface area contributed by atoms with Gasteiger partial charge in [-0.3, -0.25) is 5.84 Å². The molecule has 0 bridgehead atoms. The fourth-order valence-electron chi connectivity index (χ4n) is 0.696. The Bertz CT molecular complexity index is 276. The van der Waals surface area contributed by atoms with E-state index in [2.05, 4.69) is 11.3 Å². The lowest BCUT2D eigenvalue weighted by Gasteiger charge is -2.03. The van der Waals surface area contributed by atoms with Crippen molar-refractivity contribution in [3.05, 3.63) is 23.1 Å². The lowest BCUT2D eigenvalue weighted by Crippen LogP contribution is -2.26. The first-order valence-corrected chi connectivity index (χ1v) is 3.33. The second kappa shape index (κ2) is 3.44. The van der Waals surface area contributed by atoms with Crippen LogP contribution in [0, 0.1) is 12.3 Å². The minimum Gasteiger partial charge on any atom is -0.447 e. The number of hydrogen-bond acceptors (Lipinski definition) is 3. The van der Waals surface area contributed by atoms with Gasteiger partial charge in [-0.15, -0.1) is 6.42 Å². The Balaban J connectivity index is 2.84. The summed E-state index contributed by atoms with van der Waals surface area (Å²) < 4.78 is 5.01. The molecule has 0 radical (unpaired) electrons. The van der Waals surface area contributed by atoms with E-state index in [1.807, 2.05) is 0 Å². The van der Waals surface area contributed by atoms with E-state index in [1.165, 1.54) is 0 Å². The molecule has 1 unspecified atom stereocenters. The lowest BCUT2D eigenvalue weighted by atomic mass is 10.2. The smallest absolute Gasteiger partial charge is 0.193 e. The third kappa shape index (κ3) is 1.75. The summed E-state index contributed by atoms with van der Waals surface area (Å²) in [5, 5.41) is 0.301. The van der Waals surface area contributed by atoms with Crippen molar-refractivity contribution in [3.8, 4) is 12.3 Å². The maximum Gasteiger partial charge on any atom is 0.193 e. The Morgan fingerprint density at radius 3 is 2.82 bits per heavy atom. The molecule has 1 aromatic heterocycles. The molecular formula is C7H7ClN2O. The monoisotopic (exact) mass is 170 g/mol. The summed E-state index contributed by atoms with van der Waals surface area (Å²) in [7, 11) is 0. The predicted molar refractivity (Wildman–Crippen MR) is 42.6 cm³/mol. The summed E-state index contributed by atoms with van der Waals surface area (Å²) in [6.07, 6.45) is 5.13. The van der Waals surface area contributed by atoms with Crippen LogP contribution < -0.4 is 11.3 Å². The molecule has 4 heteroatoms. The van der Waals surface area contributed by atoms with Crippen LogP contribution >= 0.6 is 11.6 Å². The zero-order chi connectivity index (χ0) is 8.27. The van der Waals surface area contributed by atoms with Gasteiger partial charge in [0.1, 0.15) is 11.8 Å². The molecule has 0 aliphatic rings. The Morgan fingerprint density at radius 2 is 2.45 bits per heavy atom. The van der Waals surface area contributed by atoms with Crippen LogP contribution in [0.25, 0.3) is 0 Å². The van der Waals surface area contributed by atoms with Gasteiger partial charge in [-0.25, -0.2) is 5.43 Å². The molecule has 0 aromatic carbocycles. The number of nitrogens with one attached hydrogen (secondary N) is 1. The molecule has 0 saturated heterocycles. The first kappa shape index (κ1) is 8.15. The lowest BCUT2D eigenvalue weighted by molar-refractivity contribution is 0.466. The second-order valence-corrected chi connectivity index (χ2v) is 2.28. The molecule has 0 fully saturated rings. The molecule has 1 atom stereocenters.